The van der Waals surface area contributed by atoms with Crippen LogP contribution in [0, 0.1) is 10.1 Å². The van der Waals surface area contributed by atoms with E-state index in [9.17, 15) is 10.1 Å². The van der Waals surface area contributed by atoms with Gasteiger partial charge in [-0.05, 0) is 26.2 Å². The van der Waals surface area contributed by atoms with Crippen LogP contribution in [0.4, 0.5) is 5.69 Å². The highest BCUT2D eigenvalue weighted by Crippen LogP contribution is 2.30. The average molecular weight is 266 g/mol. The van der Waals surface area contributed by atoms with Crippen LogP contribution in [0.1, 0.15) is 26.2 Å². The van der Waals surface area contributed by atoms with Gasteiger partial charge in [-0.15, -0.1) is 0 Å². The summed E-state index contributed by atoms with van der Waals surface area (Å²) < 4.78 is 11.1. The van der Waals surface area contributed by atoms with Crippen molar-refractivity contribution >= 4 is 5.69 Å². The molecule has 1 aromatic rings. The Morgan fingerprint density at radius 3 is 2.68 bits per heavy atom. The first kappa shape index (κ1) is 13.6. The molecule has 1 aliphatic rings. The van der Waals surface area contributed by atoms with E-state index in [0.717, 1.165) is 19.3 Å². The second-order valence-electron chi connectivity index (χ2n) is 4.67. The molecule has 2 N–H and O–H groups in total. The Morgan fingerprint density at radius 2 is 2.11 bits per heavy atom. The van der Waals surface area contributed by atoms with Crippen LogP contribution in [0.3, 0.4) is 0 Å². The molecule has 0 saturated heterocycles. The second kappa shape index (κ2) is 5.88. The topological polar surface area (TPSA) is 87.6 Å². The van der Waals surface area contributed by atoms with E-state index in [2.05, 4.69) is 0 Å². The van der Waals surface area contributed by atoms with Gasteiger partial charge in [-0.1, -0.05) is 0 Å². The number of nitrogens with zero attached hydrogens (tertiary/aromatic N) is 1. The molecule has 6 heteroatoms. The zero-order valence-corrected chi connectivity index (χ0v) is 10.9. The zero-order valence-electron chi connectivity index (χ0n) is 10.9. The molecule has 1 fully saturated rings. The minimum atomic E-state index is -0.449. The van der Waals surface area contributed by atoms with Gasteiger partial charge < -0.3 is 15.2 Å². The van der Waals surface area contributed by atoms with Crippen molar-refractivity contribution in [2.45, 2.75) is 38.3 Å². The van der Waals surface area contributed by atoms with Gasteiger partial charge >= 0.3 is 0 Å². The number of hydrogen-bond acceptors (Lipinski definition) is 5. The summed E-state index contributed by atoms with van der Waals surface area (Å²) >= 11 is 0. The number of rotatable bonds is 5. The fraction of sp³-hybridized carbons (Fsp3) is 0.538. The number of non-ortho nitro benzene ring substituents is 1. The van der Waals surface area contributed by atoms with Crippen molar-refractivity contribution in [3.8, 4) is 11.5 Å². The summed E-state index contributed by atoms with van der Waals surface area (Å²) in [5.41, 5.74) is 5.80. The maximum Gasteiger partial charge on any atom is 0.276 e. The van der Waals surface area contributed by atoms with Crippen LogP contribution in [0.2, 0.25) is 0 Å². The molecule has 0 aliphatic heterocycles. The third-order valence-electron chi connectivity index (χ3n) is 3.11. The fourth-order valence-electron chi connectivity index (χ4n) is 2.25. The minimum Gasteiger partial charge on any atom is -0.493 e. The molecule has 0 radical (unpaired) electrons. The molecule has 104 valence electrons. The molecule has 1 saturated carbocycles. The van der Waals surface area contributed by atoms with Crippen LogP contribution < -0.4 is 15.2 Å². The van der Waals surface area contributed by atoms with E-state index >= 15 is 0 Å². The molecule has 0 amide bonds. The molecule has 2 unspecified atom stereocenters. The van der Waals surface area contributed by atoms with Crippen molar-refractivity contribution in [1.29, 1.82) is 0 Å². The highest BCUT2D eigenvalue weighted by atomic mass is 16.6. The monoisotopic (exact) mass is 266 g/mol. The van der Waals surface area contributed by atoms with Gasteiger partial charge in [-0.2, -0.15) is 0 Å². The molecule has 19 heavy (non-hydrogen) atoms. The Morgan fingerprint density at radius 1 is 1.37 bits per heavy atom. The molecule has 1 aliphatic carbocycles. The fourth-order valence-corrected chi connectivity index (χ4v) is 2.25. The summed E-state index contributed by atoms with van der Waals surface area (Å²) in [5, 5.41) is 10.9. The molecule has 0 spiro atoms. The summed E-state index contributed by atoms with van der Waals surface area (Å²) in [7, 11) is 0. The number of ether oxygens (including phenoxy) is 2. The van der Waals surface area contributed by atoms with Crippen LogP contribution in [0.5, 0.6) is 11.5 Å². The van der Waals surface area contributed by atoms with Crippen molar-refractivity contribution in [2.75, 3.05) is 6.61 Å². The van der Waals surface area contributed by atoms with Crippen molar-refractivity contribution < 1.29 is 14.4 Å². The predicted octanol–water partition coefficient (Wildman–Crippen LogP) is 2.25. The van der Waals surface area contributed by atoms with Crippen LogP contribution >= 0.6 is 0 Å². The van der Waals surface area contributed by atoms with Gasteiger partial charge in [0, 0.05) is 12.1 Å². The summed E-state index contributed by atoms with van der Waals surface area (Å²) in [5.74, 6) is 0.922. The highest BCUT2D eigenvalue weighted by molar-refractivity contribution is 5.46. The first-order valence-electron chi connectivity index (χ1n) is 6.43. The van der Waals surface area contributed by atoms with Crippen LogP contribution in [-0.2, 0) is 0 Å². The number of benzene rings is 1. The minimum absolute atomic E-state index is 0.0248. The molecule has 2 rings (SSSR count). The lowest BCUT2D eigenvalue weighted by Gasteiger charge is -2.14. The summed E-state index contributed by atoms with van der Waals surface area (Å²) in [6.45, 7) is 2.28. The second-order valence-corrected chi connectivity index (χ2v) is 4.67. The van der Waals surface area contributed by atoms with Gasteiger partial charge in [0.2, 0.25) is 0 Å². The lowest BCUT2D eigenvalue weighted by Crippen LogP contribution is -2.19. The van der Waals surface area contributed by atoms with Gasteiger partial charge in [0.1, 0.15) is 17.6 Å². The quantitative estimate of drug-likeness (QED) is 0.652. The van der Waals surface area contributed by atoms with E-state index in [1.807, 2.05) is 6.92 Å². The van der Waals surface area contributed by atoms with Crippen molar-refractivity contribution in [2.24, 2.45) is 5.73 Å². The lowest BCUT2D eigenvalue weighted by molar-refractivity contribution is -0.385. The first-order chi connectivity index (χ1) is 9.08. The number of nitro groups is 1. The third kappa shape index (κ3) is 3.57. The molecule has 0 heterocycles. The van der Waals surface area contributed by atoms with Gasteiger partial charge in [0.25, 0.3) is 5.69 Å². The van der Waals surface area contributed by atoms with Crippen molar-refractivity contribution in [1.82, 2.24) is 0 Å². The normalized spacial score (nSPS) is 22.2. The van der Waals surface area contributed by atoms with E-state index in [-0.39, 0.29) is 17.8 Å². The standard InChI is InChI=1S/C13H18N2O4/c1-2-18-12-6-10(15(16)17)7-13(8-12)19-11-4-3-9(14)5-11/h6-9,11H,2-5,14H2,1H3. The maximum absolute atomic E-state index is 10.9. The molecular formula is C13H18N2O4. The maximum atomic E-state index is 10.9. The average Bonchev–Trinajstić information content (AvgIpc) is 2.75. The Hall–Kier alpha value is -1.82. The first-order valence-corrected chi connectivity index (χ1v) is 6.43. The highest BCUT2D eigenvalue weighted by Gasteiger charge is 2.24. The van der Waals surface area contributed by atoms with Crippen LogP contribution in [0.25, 0.3) is 0 Å². The van der Waals surface area contributed by atoms with Gasteiger partial charge in [-0.3, -0.25) is 10.1 Å². The van der Waals surface area contributed by atoms with E-state index in [1.54, 1.807) is 6.07 Å². The van der Waals surface area contributed by atoms with E-state index in [1.165, 1.54) is 12.1 Å². The van der Waals surface area contributed by atoms with Crippen molar-refractivity contribution in [3.63, 3.8) is 0 Å². The SMILES string of the molecule is CCOc1cc(OC2CCC(N)C2)cc([N+](=O)[O-])c1. The summed E-state index contributed by atoms with van der Waals surface area (Å²) in [6, 6.07) is 4.67. The van der Waals surface area contributed by atoms with Gasteiger partial charge in [-0.25, -0.2) is 0 Å². The van der Waals surface area contributed by atoms with Gasteiger partial charge in [0.05, 0.1) is 23.7 Å². The summed E-state index contributed by atoms with van der Waals surface area (Å²) in [4.78, 5) is 10.4. The van der Waals surface area contributed by atoms with Crippen LogP contribution in [-0.4, -0.2) is 23.7 Å². The number of nitrogens with two attached hydrogens (primary N) is 1. The summed E-state index contributed by atoms with van der Waals surface area (Å²) in [6.07, 6.45) is 2.63. The van der Waals surface area contributed by atoms with Crippen molar-refractivity contribution in [3.05, 3.63) is 28.3 Å². The molecule has 2 atom stereocenters. The van der Waals surface area contributed by atoms with Gasteiger partial charge in [0.15, 0.2) is 0 Å². The number of nitro benzene ring substituents is 1. The molecule has 0 bridgehead atoms. The third-order valence-corrected chi connectivity index (χ3v) is 3.11. The van der Waals surface area contributed by atoms with E-state index in [4.69, 9.17) is 15.2 Å². The van der Waals surface area contributed by atoms with E-state index in [0.29, 0.717) is 18.1 Å². The Kier molecular flexibility index (Phi) is 4.21. The largest absolute Gasteiger partial charge is 0.493 e. The van der Waals surface area contributed by atoms with E-state index < -0.39 is 4.92 Å². The molecule has 6 nitrogen and oxygen atoms in total. The predicted molar refractivity (Wildman–Crippen MR) is 70.5 cm³/mol. The zero-order chi connectivity index (χ0) is 13.8. The lowest BCUT2D eigenvalue weighted by atomic mass is 10.2. The van der Waals surface area contributed by atoms with Crippen LogP contribution in [0.15, 0.2) is 18.2 Å². The molecule has 0 aromatic heterocycles. The molecular weight excluding hydrogens is 248 g/mol. The number of hydrogen-bond donors (Lipinski definition) is 1. The smallest absolute Gasteiger partial charge is 0.276 e. The molecule has 1 aromatic carbocycles. The Bertz CT molecular complexity index is 464. The Labute approximate surface area is 111 Å². The Balaban J connectivity index is 2.16.